The van der Waals surface area contributed by atoms with Gasteiger partial charge >= 0.3 is 0 Å². The fourth-order valence-electron chi connectivity index (χ4n) is 3.06. The monoisotopic (exact) mass is 304 g/mol. The molecule has 1 aliphatic heterocycles. The Morgan fingerprint density at radius 1 is 1.41 bits per heavy atom. The highest BCUT2D eigenvalue weighted by molar-refractivity contribution is 5.76. The number of methoxy groups -OCH3 is 1. The van der Waals surface area contributed by atoms with Crippen molar-refractivity contribution in [2.75, 3.05) is 20.2 Å². The lowest BCUT2D eigenvalue weighted by Gasteiger charge is -2.22. The quantitative estimate of drug-likeness (QED) is 0.814. The Kier molecular flexibility index (Phi) is 6.72. The summed E-state index contributed by atoms with van der Waals surface area (Å²) in [4.78, 5) is 12.1. The predicted molar refractivity (Wildman–Crippen MR) is 89.1 cm³/mol. The third kappa shape index (κ3) is 5.68. The Labute approximate surface area is 133 Å². The van der Waals surface area contributed by atoms with Crippen LogP contribution in [0.1, 0.15) is 38.2 Å². The molecule has 0 saturated carbocycles. The molecule has 1 atom stereocenters. The molecule has 2 N–H and O–H groups in total. The average molecular weight is 304 g/mol. The fourth-order valence-corrected chi connectivity index (χ4v) is 3.06. The number of amides is 1. The molecule has 1 unspecified atom stereocenters. The van der Waals surface area contributed by atoms with Crippen molar-refractivity contribution in [1.29, 1.82) is 0 Å². The summed E-state index contributed by atoms with van der Waals surface area (Å²) in [5, 5.41) is 6.47. The van der Waals surface area contributed by atoms with Crippen molar-refractivity contribution in [2.45, 2.75) is 45.1 Å². The van der Waals surface area contributed by atoms with E-state index in [0.29, 0.717) is 12.3 Å². The van der Waals surface area contributed by atoms with Crippen LogP contribution < -0.4 is 15.4 Å². The molecule has 22 heavy (non-hydrogen) atoms. The van der Waals surface area contributed by atoms with Gasteiger partial charge in [0, 0.05) is 12.5 Å². The lowest BCUT2D eigenvalue weighted by Crippen LogP contribution is -2.35. The summed E-state index contributed by atoms with van der Waals surface area (Å²) in [7, 11) is 1.67. The number of rotatable bonds is 7. The summed E-state index contributed by atoms with van der Waals surface area (Å²) in [5.41, 5.74) is 1.19. The SMILES string of the molecule is COc1cccc(CC(C)NC(=O)CCC2CCNCC2)c1. The number of piperidine rings is 1. The van der Waals surface area contributed by atoms with E-state index in [9.17, 15) is 4.79 Å². The van der Waals surface area contributed by atoms with Gasteiger partial charge in [0.25, 0.3) is 0 Å². The molecular weight excluding hydrogens is 276 g/mol. The lowest BCUT2D eigenvalue weighted by molar-refractivity contribution is -0.122. The van der Waals surface area contributed by atoms with Gasteiger partial charge in [0.1, 0.15) is 5.75 Å². The highest BCUT2D eigenvalue weighted by atomic mass is 16.5. The van der Waals surface area contributed by atoms with E-state index in [1.165, 1.54) is 18.4 Å². The number of carbonyl (C=O) groups excluding carboxylic acids is 1. The van der Waals surface area contributed by atoms with Gasteiger partial charge in [-0.2, -0.15) is 0 Å². The molecule has 1 aliphatic rings. The molecule has 4 heteroatoms. The molecule has 1 aromatic rings. The van der Waals surface area contributed by atoms with Crippen LogP contribution in [0.15, 0.2) is 24.3 Å². The summed E-state index contributed by atoms with van der Waals surface area (Å²) in [5.74, 6) is 1.75. The third-order valence-corrected chi connectivity index (χ3v) is 4.32. The Balaban J connectivity index is 1.71. The van der Waals surface area contributed by atoms with Gasteiger partial charge in [0.05, 0.1) is 7.11 Å². The minimum absolute atomic E-state index is 0.146. The van der Waals surface area contributed by atoms with Crippen LogP contribution in [0.4, 0.5) is 0 Å². The van der Waals surface area contributed by atoms with E-state index >= 15 is 0 Å². The maximum atomic E-state index is 12.1. The standard InChI is InChI=1S/C18H28N2O2/c1-14(12-16-4-3-5-17(13-16)22-2)20-18(21)7-6-15-8-10-19-11-9-15/h3-5,13-15,19H,6-12H2,1-2H3,(H,20,21). The van der Waals surface area contributed by atoms with Gasteiger partial charge < -0.3 is 15.4 Å². The zero-order valence-corrected chi connectivity index (χ0v) is 13.7. The van der Waals surface area contributed by atoms with Crippen LogP contribution in [-0.4, -0.2) is 32.1 Å². The summed E-state index contributed by atoms with van der Waals surface area (Å²) >= 11 is 0. The molecule has 0 bridgehead atoms. The topological polar surface area (TPSA) is 50.4 Å². The van der Waals surface area contributed by atoms with Gasteiger partial charge in [-0.05, 0) is 69.3 Å². The van der Waals surface area contributed by atoms with E-state index in [2.05, 4.69) is 23.6 Å². The van der Waals surface area contributed by atoms with E-state index in [1.807, 2.05) is 18.2 Å². The normalized spacial score (nSPS) is 17.0. The fraction of sp³-hybridized carbons (Fsp3) is 0.611. The maximum absolute atomic E-state index is 12.1. The van der Waals surface area contributed by atoms with Crippen molar-refractivity contribution in [2.24, 2.45) is 5.92 Å². The minimum Gasteiger partial charge on any atom is -0.497 e. The van der Waals surface area contributed by atoms with Crippen molar-refractivity contribution in [3.05, 3.63) is 29.8 Å². The smallest absolute Gasteiger partial charge is 0.220 e. The Hall–Kier alpha value is -1.55. The van der Waals surface area contributed by atoms with Crippen LogP contribution in [0.5, 0.6) is 5.75 Å². The average Bonchev–Trinajstić information content (AvgIpc) is 2.54. The zero-order chi connectivity index (χ0) is 15.8. The molecule has 0 aliphatic carbocycles. The summed E-state index contributed by atoms with van der Waals surface area (Å²) < 4.78 is 5.23. The Bertz CT molecular complexity index is 470. The minimum atomic E-state index is 0.146. The van der Waals surface area contributed by atoms with Gasteiger partial charge in [-0.25, -0.2) is 0 Å². The first-order valence-electron chi connectivity index (χ1n) is 8.30. The Morgan fingerprint density at radius 3 is 2.91 bits per heavy atom. The van der Waals surface area contributed by atoms with Crippen LogP contribution in [0.3, 0.4) is 0 Å². The molecule has 0 radical (unpaired) electrons. The van der Waals surface area contributed by atoms with Crippen LogP contribution in [0.2, 0.25) is 0 Å². The summed E-state index contributed by atoms with van der Waals surface area (Å²) in [6.07, 6.45) is 4.89. The van der Waals surface area contributed by atoms with E-state index < -0.39 is 0 Å². The first-order chi connectivity index (χ1) is 10.7. The number of nitrogens with one attached hydrogen (secondary N) is 2. The van der Waals surface area contributed by atoms with E-state index in [1.54, 1.807) is 7.11 Å². The van der Waals surface area contributed by atoms with Gasteiger partial charge in [-0.1, -0.05) is 12.1 Å². The van der Waals surface area contributed by atoms with E-state index in [-0.39, 0.29) is 11.9 Å². The molecule has 122 valence electrons. The third-order valence-electron chi connectivity index (χ3n) is 4.32. The number of benzene rings is 1. The van der Waals surface area contributed by atoms with E-state index in [0.717, 1.165) is 31.7 Å². The molecule has 1 heterocycles. The van der Waals surface area contributed by atoms with Gasteiger partial charge in [0.15, 0.2) is 0 Å². The lowest BCUT2D eigenvalue weighted by atomic mass is 9.93. The van der Waals surface area contributed by atoms with Crippen LogP contribution in [0.25, 0.3) is 0 Å². The zero-order valence-electron chi connectivity index (χ0n) is 13.7. The van der Waals surface area contributed by atoms with Crippen molar-refractivity contribution in [3.63, 3.8) is 0 Å². The predicted octanol–water partition coefficient (Wildman–Crippen LogP) is 2.52. The van der Waals surface area contributed by atoms with Crippen molar-refractivity contribution < 1.29 is 9.53 Å². The number of hydrogen-bond donors (Lipinski definition) is 2. The molecule has 1 amide bonds. The highest BCUT2D eigenvalue weighted by Crippen LogP contribution is 2.18. The molecule has 1 saturated heterocycles. The number of hydrogen-bond acceptors (Lipinski definition) is 3. The summed E-state index contributed by atoms with van der Waals surface area (Å²) in [6.45, 7) is 4.25. The Morgan fingerprint density at radius 2 is 2.18 bits per heavy atom. The van der Waals surface area contributed by atoms with Gasteiger partial charge in [0.2, 0.25) is 5.91 Å². The number of carbonyl (C=O) groups is 1. The molecule has 0 aromatic heterocycles. The molecule has 1 aromatic carbocycles. The highest BCUT2D eigenvalue weighted by Gasteiger charge is 2.15. The van der Waals surface area contributed by atoms with Crippen LogP contribution in [0, 0.1) is 5.92 Å². The molecular formula is C18H28N2O2. The second-order valence-electron chi connectivity index (χ2n) is 6.26. The van der Waals surface area contributed by atoms with Gasteiger partial charge in [-0.3, -0.25) is 4.79 Å². The molecule has 4 nitrogen and oxygen atoms in total. The van der Waals surface area contributed by atoms with Gasteiger partial charge in [-0.15, -0.1) is 0 Å². The second kappa shape index (κ2) is 8.79. The first kappa shape index (κ1) is 16.8. The first-order valence-corrected chi connectivity index (χ1v) is 8.30. The molecule has 0 spiro atoms. The maximum Gasteiger partial charge on any atom is 0.220 e. The second-order valence-corrected chi connectivity index (χ2v) is 6.26. The summed E-state index contributed by atoms with van der Waals surface area (Å²) in [6, 6.07) is 8.16. The van der Waals surface area contributed by atoms with E-state index in [4.69, 9.17) is 4.74 Å². The van der Waals surface area contributed by atoms with Crippen LogP contribution >= 0.6 is 0 Å². The van der Waals surface area contributed by atoms with Crippen molar-refractivity contribution in [3.8, 4) is 5.75 Å². The number of ether oxygens (including phenoxy) is 1. The molecule has 1 fully saturated rings. The largest absolute Gasteiger partial charge is 0.497 e. The van der Waals surface area contributed by atoms with Crippen molar-refractivity contribution >= 4 is 5.91 Å². The van der Waals surface area contributed by atoms with Crippen molar-refractivity contribution in [1.82, 2.24) is 10.6 Å². The molecule has 2 rings (SSSR count). The van der Waals surface area contributed by atoms with Crippen LogP contribution in [-0.2, 0) is 11.2 Å².